The zero-order valence-electron chi connectivity index (χ0n) is 14.1. The fourth-order valence-electron chi connectivity index (χ4n) is 2.67. The van der Waals surface area contributed by atoms with E-state index in [1.54, 1.807) is 17.1 Å². The summed E-state index contributed by atoms with van der Waals surface area (Å²) < 4.78 is 15.7. The molecule has 25 heavy (non-hydrogen) atoms. The minimum Gasteiger partial charge on any atom is -0.295 e. The molecule has 0 amide bonds. The van der Waals surface area contributed by atoms with E-state index < -0.39 is 0 Å². The van der Waals surface area contributed by atoms with Gasteiger partial charge in [-0.05, 0) is 49.9 Å². The molecule has 0 saturated carbocycles. The standard InChI is InChI=1S/C19H18FN5/c1-14(16-4-6-18(7-5-16)25-13-22-12-23-25)24(2)11-17-9-15(10-21)3-8-19(17)20/h3-9,12-14H,11H2,1-2H3/t14-/m1/s1. The number of nitriles is 1. The number of hydrogen-bond donors (Lipinski definition) is 0. The maximum absolute atomic E-state index is 14.0. The van der Waals surface area contributed by atoms with Crippen LogP contribution in [0.2, 0.25) is 0 Å². The molecule has 2 aromatic carbocycles. The molecule has 0 saturated heterocycles. The van der Waals surface area contributed by atoms with Crippen molar-refractivity contribution >= 4 is 0 Å². The van der Waals surface area contributed by atoms with E-state index in [2.05, 4.69) is 17.0 Å². The van der Waals surface area contributed by atoms with E-state index in [1.165, 1.54) is 18.5 Å². The molecule has 126 valence electrons. The fraction of sp³-hybridized carbons (Fsp3) is 0.211. The quantitative estimate of drug-likeness (QED) is 0.716. The van der Waals surface area contributed by atoms with Gasteiger partial charge in [-0.3, -0.25) is 4.90 Å². The number of hydrogen-bond acceptors (Lipinski definition) is 4. The zero-order valence-corrected chi connectivity index (χ0v) is 14.1. The summed E-state index contributed by atoms with van der Waals surface area (Å²) in [5, 5.41) is 13.1. The molecule has 0 aliphatic carbocycles. The van der Waals surface area contributed by atoms with Crippen molar-refractivity contribution in [3.63, 3.8) is 0 Å². The van der Waals surface area contributed by atoms with Crippen LogP contribution in [0.25, 0.3) is 5.69 Å². The maximum atomic E-state index is 14.0. The summed E-state index contributed by atoms with van der Waals surface area (Å²) in [4.78, 5) is 5.98. The van der Waals surface area contributed by atoms with Crippen LogP contribution in [0.15, 0.2) is 55.1 Å². The van der Waals surface area contributed by atoms with E-state index >= 15 is 0 Å². The smallest absolute Gasteiger partial charge is 0.138 e. The molecule has 0 bridgehead atoms. The number of rotatable bonds is 5. The van der Waals surface area contributed by atoms with Crippen molar-refractivity contribution in [1.29, 1.82) is 5.26 Å². The van der Waals surface area contributed by atoms with Crippen molar-refractivity contribution in [2.24, 2.45) is 0 Å². The Morgan fingerprint density at radius 1 is 1.24 bits per heavy atom. The number of benzene rings is 2. The molecule has 1 atom stereocenters. The van der Waals surface area contributed by atoms with Crippen LogP contribution in [0.3, 0.4) is 0 Å². The molecule has 0 spiro atoms. The Morgan fingerprint density at radius 2 is 2.00 bits per heavy atom. The molecule has 3 rings (SSSR count). The first-order valence-corrected chi connectivity index (χ1v) is 7.92. The molecule has 0 radical (unpaired) electrons. The van der Waals surface area contributed by atoms with Gasteiger partial charge in [0.1, 0.15) is 18.5 Å². The lowest BCUT2D eigenvalue weighted by Gasteiger charge is -2.25. The second-order valence-corrected chi connectivity index (χ2v) is 5.94. The Balaban J connectivity index is 1.74. The Morgan fingerprint density at radius 3 is 2.64 bits per heavy atom. The van der Waals surface area contributed by atoms with Gasteiger partial charge in [0, 0.05) is 18.2 Å². The van der Waals surface area contributed by atoms with Crippen molar-refractivity contribution in [2.75, 3.05) is 7.05 Å². The average molecular weight is 335 g/mol. The summed E-state index contributed by atoms with van der Waals surface area (Å²) in [5.41, 5.74) is 3.04. The molecule has 3 aromatic rings. The topological polar surface area (TPSA) is 57.7 Å². The minimum atomic E-state index is -0.292. The number of nitrogens with zero attached hydrogens (tertiary/aromatic N) is 5. The Labute approximate surface area is 146 Å². The Bertz CT molecular complexity index is 881. The van der Waals surface area contributed by atoms with Crippen molar-refractivity contribution in [3.05, 3.63) is 77.6 Å². The van der Waals surface area contributed by atoms with Gasteiger partial charge in [-0.15, -0.1) is 0 Å². The predicted octanol–water partition coefficient (Wildman–Crippen LogP) is 3.47. The molecule has 0 aliphatic rings. The van der Waals surface area contributed by atoms with Gasteiger partial charge in [0.2, 0.25) is 0 Å². The third-order valence-electron chi connectivity index (χ3n) is 4.31. The molecule has 0 fully saturated rings. The third-order valence-corrected chi connectivity index (χ3v) is 4.31. The summed E-state index contributed by atoms with van der Waals surface area (Å²) in [6, 6.07) is 14.6. The molecular weight excluding hydrogens is 317 g/mol. The maximum Gasteiger partial charge on any atom is 0.138 e. The lowest BCUT2D eigenvalue weighted by atomic mass is 10.1. The monoisotopic (exact) mass is 335 g/mol. The summed E-state index contributed by atoms with van der Waals surface area (Å²) >= 11 is 0. The zero-order chi connectivity index (χ0) is 17.8. The number of aromatic nitrogens is 3. The van der Waals surface area contributed by atoms with Gasteiger partial charge in [0.25, 0.3) is 0 Å². The largest absolute Gasteiger partial charge is 0.295 e. The van der Waals surface area contributed by atoms with Gasteiger partial charge >= 0.3 is 0 Å². The van der Waals surface area contributed by atoms with Gasteiger partial charge in [0.05, 0.1) is 17.3 Å². The van der Waals surface area contributed by atoms with E-state index in [-0.39, 0.29) is 11.9 Å². The van der Waals surface area contributed by atoms with Gasteiger partial charge in [-0.1, -0.05) is 12.1 Å². The Hall–Kier alpha value is -3.04. The first-order valence-electron chi connectivity index (χ1n) is 7.92. The molecule has 0 N–H and O–H groups in total. The van der Waals surface area contributed by atoms with Gasteiger partial charge in [-0.2, -0.15) is 10.4 Å². The van der Waals surface area contributed by atoms with Crippen molar-refractivity contribution in [2.45, 2.75) is 19.5 Å². The van der Waals surface area contributed by atoms with Crippen LogP contribution < -0.4 is 0 Å². The van der Waals surface area contributed by atoms with E-state index in [4.69, 9.17) is 5.26 Å². The van der Waals surface area contributed by atoms with Crippen LogP contribution in [0.4, 0.5) is 4.39 Å². The van der Waals surface area contributed by atoms with Crippen LogP contribution >= 0.6 is 0 Å². The van der Waals surface area contributed by atoms with E-state index in [9.17, 15) is 4.39 Å². The summed E-state index contributed by atoms with van der Waals surface area (Å²) in [6.07, 6.45) is 3.14. The first kappa shape index (κ1) is 16.8. The van der Waals surface area contributed by atoms with Gasteiger partial charge < -0.3 is 0 Å². The van der Waals surface area contributed by atoms with E-state index in [0.29, 0.717) is 17.7 Å². The normalized spacial score (nSPS) is 12.1. The molecule has 6 heteroatoms. The fourth-order valence-corrected chi connectivity index (χ4v) is 2.67. The summed E-state index contributed by atoms with van der Waals surface area (Å²) in [5.74, 6) is -0.292. The SMILES string of the molecule is C[C@H](c1ccc(-n2cncn2)cc1)N(C)Cc1cc(C#N)ccc1F. The van der Waals surface area contributed by atoms with E-state index in [1.807, 2.05) is 42.3 Å². The highest BCUT2D eigenvalue weighted by Crippen LogP contribution is 2.23. The van der Waals surface area contributed by atoms with Crippen LogP contribution in [0.1, 0.15) is 29.7 Å². The lowest BCUT2D eigenvalue weighted by molar-refractivity contribution is 0.249. The highest BCUT2D eigenvalue weighted by molar-refractivity contribution is 5.35. The predicted molar refractivity (Wildman–Crippen MR) is 92.4 cm³/mol. The highest BCUT2D eigenvalue weighted by Gasteiger charge is 2.14. The van der Waals surface area contributed by atoms with Crippen molar-refractivity contribution < 1.29 is 4.39 Å². The van der Waals surface area contributed by atoms with Gasteiger partial charge in [-0.25, -0.2) is 14.1 Å². The number of halogens is 1. The second-order valence-electron chi connectivity index (χ2n) is 5.94. The summed E-state index contributed by atoms with van der Waals surface area (Å²) in [7, 11) is 1.94. The van der Waals surface area contributed by atoms with Gasteiger partial charge in [0.15, 0.2) is 0 Å². The molecule has 0 aliphatic heterocycles. The second kappa shape index (κ2) is 7.24. The molecule has 1 aromatic heterocycles. The molecular formula is C19H18FN5. The summed E-state index contributed by atoms with van der Waals surface area (Å²) in [6.45, 7) is 2.49. The minimum absolute atomic E-state index is 0.0925. The average Bonchev–Trinajstić information content (AvgIpc) is 3.17. The molecule has 0 unspecified atom stereocenters. The van der Waals surface area contributed by atoms with E-state index in [0.717, 1.165) is 11.3 Å². The van der Waals surface area contributed by atoms with Crippen LogP contribution in [-0.2, 0) is 6.54 Å². The van der Waals surface area contributed by atoms with Crippen LogP contribution in [-0.4, -0.2) is 26.7 Å². The molecule has 5 nitrogen and oxygen atoms in total. The van der Waals surface area contributed by atoms with Crippen molar-refractivity contribution in [1.82, 2.24) is 19.7 Å². The van der Waals surface area contributed by atoms with Crippen LogP contribution in [0.5, 0.6) is 0 Å². The first-order chi connectivity index (χ1) is 12.1. The van der Waals surface area contributed by atoms with Crippen LogP contribution in [0, 0.1) is 17.1 Å². The molecule has 1 heterocycles. The Kier molecular flexibility index (Phi) is 4.87. The third kappa shape index (κ3) is 3.73. The highest BCUT2D eigenvalue weighted by atomic mass is 19.1. The lowest BCUT2D eigenvalue weighted by Crippen LogP contribution is -2.22. The van der Waals surface area contributed by atoms with Crippen molar-refractivity contribution in [3.8, 4) is 11.8 Å².